The maximum absolute atomic E-state index is 12.7. The van der Waals surface area contributed by atoms with Gasteiger partial charge in [0.15, 0.2) is 6.23 Å². The van der Waals surface area contributed by atoms with Crippen molar-refractivity contribution in [3.8, 4) is 0 Å². The van der Waals surface area contributed by atoms with E-state index in [1.165, 1.54) is 0 Å². The Labute approximate surface area is 165 Å². The van der Waals surface area contributed by atoms with Crippen LogP contribution in [0.1, 0.15) is 38.2 Å². The first-order chi connectivity index (χ1) is 13.1. The number of halogens is 1. The number of hydrogen-bond donors (Lipinski definition) is 3. The van der Waals surface area contributed by atoms with Crippen molar-refractivity contribution < 1.29 is 9.53 Å². The number of unbranched alkanes of at least 4 members (excludes halogenated alkanes) is 1. The third-order valence-corrected chi connectivity index (χ3v) is 4.32. The quantitative estimate of drug-likeness (QED) is 0.532. The van der Waals surface area contributed by atoms with Crippen molar-refractivity contribution in [1.29, 1.82) is 0 Å². The number of nitrogens with one attached hydrogen (secondary N) is 3. The van der Waals surface area contributed by atoms with Crippen molar-refractivity contribution in [1.82, 2.24) is 16.0 Å². The standard InChI is InChI=1S/C19H28ClN5O2/c1-3-4-9-21-12-17(15-5-7-16(20)8-6-15)18(26)22-10-11-23-19-25-13-24-14(2)27-19/h5-8,13-14,17,21H,3-4,9-12H2,1-2H3,(H,22,26)(H,23,24,25)/t14?,17-/m1/s1. The molecule has 27 heavy (non-hydrogen) atoms. The van der Waals surface area contributed by atoms with Crippen LogP contribution < -0.4 is 16.0 Å². The maximum Gasteiger partial charge on any atom is 0.291 e. The lowest BCUT2D eigenvalue weighted by Gasteiger charge is -2.18. The van der Waals surface area contributed by atoms with Gasteiger partial charge in [0.25, 0.3) is 6.02 Å². The van der Waals surface area contributed by atoms with Crippen LogP contribution >= 0.6 is 11.6 Å². The lowest BCUT2D eigenvalue weighted by atomic mass is 9.98. The largest absolute Gasteiger partial charge is 0.439 e. The van der Waals surface area contributed by atoms with E-state index in [4.69, 9.17) is 16.3 Å². The van der Waals surface area contributed by atoms with Crippen molar-refractivity contribution in [3.05, 3.63) is 34.9 Å². The lowest BCUT2D eigenvalue weighted by Crippen LogP contribution is -2.37. The van der Waals surface area contributed by atoms with Gasteiger partial charge in [0.2, 0.25) is 5.91 Å². The van der Waals surface area contributed by atoms with Crippen LogP contribution in [0.2, 0.25) is 5.02 Å². The summed E-state index contributed by atoms with van der Waals surface area (Å²) in [7, 11) is 0. The predicted octanol–water partition coefficient (Wildman–Crippen LogP) is 2.28. The van der Waals surface area contributed by atoms with Crippen LogP contribution in [-0.2, 0) is 9.53 Å². The number of aliphatic imine (C=N–C) groups is 2. The van der Waals surface area contributed by atoms with E-state index in [0.29, 0.717) is 30.7 Å². The third kappa shape index (κ3) is 7.56. The molecule has 0 saturated carbocycles. The van der Waals surface area contributed by atoms with Gasteiger partial charge in [0.1, 0.15) is 0 Å². The van der Waals surface area contributed by atoms with E-state index in [1.807, 2.05) is 31.2 Å². The smallest absolute Gasteiger partial charge is 0.291 e. The molecule has 2 atom stereocenters. The van der Waals surface area contributed by atoms with Gasteiger partial charge in [0.05, 0.1) is 18.8 Å². The van der Waals surface area contributed by atoms with E-state index in [2.05, 4.69) is 32.9 Å². The summed E-state index contributed by atoms with van der Waals surface area (Å²) in [5.41, 5.74) is 0.939. The summed E-state index contributed by atoms with van der Waals surface area (Å²) in [5.74, 6) is -0.308. The van der Waals surface area contributed by atoms with Crippen LogP contribution in [-0.4, -0.2) is 50.7 Å². The maximum atomic E-state index is 12.7. The zero-order valence-electron chi connectivity index (χ0n) is 15.9. The van der Waals surface area contributed by atoms with E-state index in [0.717, 1.165) is 24.9 Å². The van der Waals surface area contributed by atoms with Crippen molar-refractivity contribution in [2.75, 3.05) is 26.2 Å². The number of nitrogens with zero attached hydrogens (tertiary/aromatic N) is 2. The number of amidine groups is 1. The van der Waals surface area contributed by atoms with Gasteiger partial charge in [-0.3, -0.25) is 4.79 Å². The monoisotopic (exact) mass is 393 g/mol. The number of carbonyl (C=O) groups excluding carboxylic acids is 1. The molecule has 0 spiro atoms. The highest BCUT2D eigenvalue weighted by Gasteiger charge is 2.20. The highest BCUT2D eigenvalue weighted by molar-refractivity contribution is 6.30. The van der Waals surface area contributed by atoms with Gasteiger partial charge in [-0.1, -0.05) is 37.1 Å². The van der Waals surface area contributed by atoms with E-state index in [-0.39, 0.29) is 18.1 Å². The molecule has 0 aliphatic carbocycles. The molecule has 1 heterocycles. The first-order valence-corrected chi connectivity index (χ1v) is 9.71. The molecule has 1 aliphatic rings. The Morgan fingerprint density at radius 2 is 2.15 bits per heavy atom. The van der Waals surface area contributed by atoms with Crippen LogP contribution in [0.25, 0.3) is 0 Å². The molecule has 1 aliphatic heterocycles. The molecule has 7 nitrogen and oxygen atoms in total. The fourth-order valence-corrected chi connectivity index (χ4v) is 2.70. The van der Waals surface area contributed by atoms with E-state index < -0.39 is 0 Å². The molecule has 1 amide bonds. The average molecular weight is 394 g/mol. The Morgan fingerprint density at radius 1 is 1.37 bits per heavy atom. The fourth-order valence-electron chi connectivity index (χ4n) is 2.57. The minimum absolute atomic E-state index is 0.0334. The number of carbonyl (C=O) groups is 1. The molecule has 8 heteroatoms. The summed E-state index contributed by atoms with van der Waals surface area (Å²) >= 11 is 5.97. The molecule has 0 fully saturated rings. The van der Waals surface area contributed by atoms with E-state index in [9.17, 15) is 4.79 Å². The summed E-state index contributed by atoms with van der Waals surface area (Å²) in [4.78, 5) is 21.0. The second-order valence-electron chi connectivity index (χ2n) is 6.28. The third-order valence-electron chi connectivity index (χ3n) is 4.07. The van der Waals surface area contributed by atoms with Crippen LogP contribution in [0, 0.1) is 0 Å². The molecule has 1 aromatic rings. The molecule has 1 aromatic carbocycles. The molecule has 3 N–H and O–H groups in total. The molecule has 0 aromatic heterocycles. The molecular formula is C19H28ClN5O2. The number of rotatable bonds is 10. The molecule has 1 unspecified atom stereocenters. The molecule has 0 radical (unpaired) electrons. The highest BCUT2D eigenvalue weighted by atomic mass is 35.5. The Bertz CT molecular complexity index is 648. The van der Waals surface area contributed by atoms with Gasteiger partial charge in [-0.25, -0.2) is 9.98 Å². The predicted molar refractivity (Wildman–Crippen MR) is 109 cm³/mol. The van der Waals surface area contributed by atoms with Gasteiger partial charge >= 0.3 is 0 Å². The van der Waals surface area contributed by atoms with Crippen LogP contribution in [0.5, 0.6) is 0 Å². The topological polar surface area (TPSA) is 87.1 Å². The number of benzene rings is 1. The van der Waals surface area contributed by atoms with Crippen molar-refractivity contribution in [2.45, 2.75) is 38.8 Å². The van der Waals surface area contributed by atoms with Crippen LogP contribution in [0.3, 0.4) is 0 Å². The van der Waals surface area contributed by atoms with Crippen molar-refractivity contribution >= 4 is 29.9 Å². The SMILES string of the molecule is CCCCNC[C@@H](C(=O)NCCN=C1NC=NC(C)O1)c1ccc(Cl)cc1. The summed E-state index contributed by atoms with van der Waals surface area (Å²) < 4.78 is 5.40. The Hall–Kier alpha value is -2.12. The molecule has 148 valence electrons. The van der Waals surface area contributed by atoms with E-state index in [1.54, 1.807) is 6.34 Å². The number of amides is 1. The van der Waals surface area contributed by atoms with Crippen molar-refractivity contribution in [3.63, 3.8) is 0 Å². The van der Waals surface area contributed by atoms with Crippen LogP contribution in [0.4, 0.5) is 0 Å². The first-order valence-electron chi connectivity index (χ1n) is 9.33. The zero-order chi connectivity index (χ0) is 19.5. The normalized spacial score (nSPS) is 18.6. The van der Waals surface area contributed by atoms with Gasteiger partial charge in [-0.05, 0) is 37.6 Å². The fraction of sp³-hybridized carbons (Fsp3) is 0.526. The molecule has 2 rings (SSSR count). The average Bonchev–Trinajstić information content (AvgIpc) is 2.66. The van der Waals surface area contributed by atoms with Crippen LogP contribution in [0.15, 0.2) is 34.3 Å². The summed E-state index contributed by atoms with van der Waals surface area (Å²) in [5, 5.41) is 9.80. The second kappa shape index (κ2) is 11.6. The van der Waals surface area contributed by atoms with Crippen molar-refractivity contribution in [2.24, 2.45) is 9.98 Å². The van der Waals surface area contributed by atoms with E-state index >= 15 is 0 Å². The summed E-state index contributed by atoms with van der Waals surface area (Å²) in [6.07, 6.45) is 3.51. The second-order valence-corrected chi connectivity index (χ2v) is 6.72. The number of hydrogen-bond acceptors (Lipinski definition) is 5. The zero-order valence-corrected chi connectivity index (χ0v) is 16.6. The summed E-state index contributed by atoms with van der Waals surface area (Å²) in [6.45, 7) is 6.30. The summed E-state index contributed by atoms with van der Waals surface area (Å²) in [6, 6.07) is 7.83. The van der Waals surface area contributed by atoms with Gasteiger partial charge in [-0.15, -0.1) is 0 Å². The highest BCUT2D eigenvalue weighted by Crippen LogP contribution is 2.18. The Balaban J connectivity index is 1.87. The minimum Gasteiger partial charge on any atom is -0.439 e. The molecular weight excluding hydrogens is 366 g/mol. The Kier molecular flexibility index (Phi) is 9.07. The Morgan fingerprint density at radius 3 is 2.85 bits per heavy atom. The lowest BCUT2D eigenvalue weighted by molar-refractivity contribution is -0.122. The van der Waals surface area contributed by atoms with Gasteiger partial charge < -0.3 is 20.7 Å². The van der Waals surface area contributed by atoms with Gasteiger partial charge in [-0.2, -0.15) is 0 Å². The molecule has 0 saturated heterocycles. The number of ether oxygens (including phenoxy) is 1. The van der Waals surface area contributed by atoms with Gasteiger partial charge in [0, 0.05) is 18.1 Å². The first kappa shape index (κ1) is 21.2. The molecule has 0 bridgehead atoms. The minimum atomic E-state index is -0.275.